The molecule has 5 nitrogen and oxygen atoms in total. The van der Waals surface area contributed by atoms with E-state index < -0.39 is 0 Å². The van der Waals surface area contributed by atoms with Gasteiger partial charge in [0.15, 0.2) is 0 Å². The molecule has 0 bridgehead atoms. The molecule has 3 rings (SSSR count). The van der Waals surface area contributed by atoms with Crippen molar-refractivity contribution in [3.63, 3.8) is 0 Å². The molecule has 2 aromatic rings. The van der Waals surface area contributed by atoms with Crippen molar-refractivity contribution in [2.24, 2.45) is 0 Å². The monoisotopic (exact) mass is 259 g/mol. The summed E-state index contributed by atoms with van der Waals surface area (Å²) >= 11 is 0. The molecular formula is C14H21N5. The maximum atomic E-state index is 4.26. The van der Waals surface area contributed by atoms with Crippen LogP contribution in [0.4, 0.5) is 0 Å². The van der Waals surface area contributed by atoms with Gasteiger partial charge in [-0.25, -0.2) is 9.97 Å². The van der Waals surface area contributed by atoms with E-state index >= 15 is 0 Å². The second-order valence-corrected chi connectivity index (χ2v) is 5.24. The quantitative estimate of drug-likeness (QED) is 0.736. The number of rotatable bonds is 8. The van der Waals surface area contributed by atoms with Crippen LogP contribution in [0.2, 0.25) is 0 Å². The summed E-state index contributed by atoms with van der Waals surface area (Å²) in [5.41, 5.74) is 1.30. The molecule has 0 atom stereocenters. The van der Waals surface area contributed by atoms with Crippen molar-refractivity contribution >= 4 is 0 Å². The molecule has 1 aliphatic rings. The van der Waals surface area contributed by atoms with Gasteiger partial charge in [-0.05, 0) is 25.7 Å². The smallest absolute Gasteiger partial charge is 0.0948 e. The van der Waals surface area contributed by atoms with Crippen molar-refractivity contribution in [2.75, 3.05) is 0 Å². The van der Waals surface area contributed by atoms with Gasteiger partial charge in [-0.15, -0.1) is 0 Å². The minimum absolute atomic E-state index is 0.754. The molecule has 19 heavy (non-hydrogen) atoms. The van der Waals surface area contributed by atoms with Gasteiger partial charge >= 0.3 is 0 Å². The van der Waals surface area contributed by atoms with Gasteiger partial charge in [0.25, 0.3) is 0 Å². The fourth-order valence-electron chi connectivity index (χ4n) is 2.23. The molecule has 2 heterocycles. The van der Waals surface area contributed by atoms with Crippen LogP contribution in [0, 0.1) is 0 Å². The van der Waals surface area contributed by atoms with Gasteiger partial charge in [-0.1, -0.05) is 0 Å². The number of hydrogen-bond donors (Lipinski definition) is 1. The first-order valence-corrected chi connectivity index (χ1v) is 7.10. The third kappa shape index (κ3) is 3.67. The van der Waals surface area contributed by atoms with E-state index in [2.05, 4.69) is 24.4 Å². The number of unbranched alkanes of at least 4 members (excludes halogenated alkanes) is 1. The van der Waals surface area contributed by atoms with Crippen molar-refractivity contribution in [3.05, 3.63) is 36.9 Å². The van der Waals surface area contributed by atoms with Crippen molar-refractivity contribution in [1.82, 2.24) is 24.4 Å². The fraction of sp³-hybridized carbons (Fsp3) is 0.571. The van der Waals surface area contributed by atoms with Crippen LogP contribution in [0.1, 0.15) is 31.4 Å². The summed E-state index contributed by atoms with van der Waals surface area (Å²) in [6.07, 6.45) is 14.7. The van der Waals surface area contributed by atoms with Crippen LogP contribution in [0.25, 0.3) is 0 Å². The SMILES string of the molecule is c1cn(CCCCn2cncc2CNC2CC2)cn1. The molecule has 2 aromatic heterocycles. The zero-order valence-corrected chi connectivity index (χ0v) is 11.2. The van der Waals surface area contributed by atoms with Crippen LogP contribution in [0.5, 0.6) is 0 Å². The summed E-state index contributed by atoms with van der Waals surface area (Å²) in [7, 11) is 0. The lowest BCUT2D eigenvalue weighted by atomic mass is 10.3. The number of nitrogens with zero attached hydrogens (tertiary/aromatic N) is 4. The Kier molecular flexibility index (Phi) is 3.93. The maximum absolute atomic E-state index is 4.26. The standard InChI is InChI=1S/C14H21N5/c1(6-18-8-5-15-11-18)2-7-19-12-16-9-14(19)10-17-13-3-4-13/h5,8-9,11-13,17H,1-4,6-7,10H2. The second kappa shape index (κ2) is 6.02. The maximum Gasteiger partial charge on any atom is 0.0948 e. The first kappa shape index (κ1) is 12.4. The molecule has 0 aliphatic heterocycles. The molecule has 1 saturated carbocycles. The molecular weight excluding hydrogens is 238 g/mol. The summed E-state index contributed by atoms with van der Waals surface area (Å²) in [5, 5.41) is 3.54. The Hall–Kier alpha value is -1.62. The molecule has 5 heteroatoms. The predicted molar refractivity (Wildman–Crippen MR) is 73.5 cm³/mol. The minimum atomic E-state index is 0.754. The highest BCUT2D eigenvalue weighted by Gasteiger charge is 2.20. The third-order valence-electron chi connectivity index (χ3n) is 3.57. The largest absolute Gasteiger partial charge is 0.337 e. The molecule has 0 aromatic carbocycles. The van der Waals surface area contributed by atoms with Crippen LogP contribution in [0.3, 0.4) is 0 Å². The highest BCUT2D eigenvalue weighted by molar-refractivity contribution is 4.99. The topological polar surface area (TPSA) is 47.7 Å². The van der Waals surface area contributed by atoms with Crippen LogP contribution in [-0.2, 0) is 19.6 Å². The summed E-state index contributed by atoms with van der Waals surface area (Å²) in [6, 6.07) is 0.754. The molecule has 1 aliphatic carbocycles. The van der Waals surface area contributed by atoms with E-state index in [0.29, 0.717) is 0 Å². The van der Waals surface area contributed by atoms with E-state index in [1.54, 1.807) is 0 Å². The normalized spacial score (nSPS) is 14.9. The van der Waals surface area contributed by atoms with E-state index in [1.807, 2.05) is 31.2 Å². The summed E-state index contributed by atoms with van der Waals surface area (Å²) in [5.74, 6) is 0. The van der Waals surface area contributed by atoms with Crippen molar-refractivity contribution < 1.29 is 0 Å². The number of nitrogens with one attached hydrogen (secondary N) is 1. The van der Waals surface area contributed by atoms with Crippen LogP contribution >= 0.6 is 0 Å². The number of aromatic nitrogens is 4. The van der Waals surface area contributed by atoms with Crippen LogP contribution < -0.4 is 5.32 Å². The van der Waals surface area contributed by atoms with Crippen molar-refractivity contribution in [2.45, 2.75) is 51.4 Å². The van der Waals surface area contributed by atoms with Gasteiger partial charge in [-0.3, -0.25) is 0 Å². The lowest BCUT2D eigenvalue weighted by Gasteiger charge is -2.09. The lowest BCUT2D eigenvalue weighted by Crippen LogP contribution is -2.18. The average Bonchev–Trinajstić information content (AvgIpc) is 2.92. The molecule has 1 N–H and O–H groups in total. The third-order valence-corrected chi connectivity index (χ3v) is 3.57. The Morgan fingerprint density at radius 1 is 1.16 bits per heavy atom. The molecule has 0 saturated heterocycles. The molecule has 0 unspecified atom stereocenters. The molecule has 0 spiro atoms. The van der Waals surface area contributed by atoms with Gasteiger partial charge in [0, 0.05) is 44.3 Å². The van der Waals surface area contributed by atoms with E-state index in [-0.39, 0.29) is 0 Å². The highest BCUT2D eigenvalue weighted by Crippen LogP contribution is 2.19. The first-order chi connectivity index (χ1) is 9.42. The molecule has 1 fully saturated rings. The van der Waals surface area contributed by atoms with Crippen molar-refractivity contribution in [1.29, 1.82) is 0 Å². The molecule has 0 radical (unpaired) electrons. The summed E-state index contributed by atoms with van der Waals surface area (Å²) in [6.45, 7) is 3.05. The van der Waals surface area contributed by atoms with Crippen LogP contribution in [0.15, 0.2) is 31.2 Å². The zero-order valence-electron chi connectivity index (χ0n) is 11.2. The Bertz CT molecular complexity index is 484. The summed E-state index contributed by atoms with van der Waals surface area (Å²) in [4.78, 5) is 8.31. The summed E-state index contributed by atoms with van der Waals surface area (Å²) < 4.78 is 4.40. The van der Waals surface area contributed by atoms with Crippen molar-refractivity contribution in [3.8, 4) is 0 Å². The molecule has 0 amide bonds. The number of aryl methyl sites for hydroxylation is 2. The minimum Gasteiger partial charge on any atom is -0.337 e. The van der Waals surface area contributed by atoms with E-state index in [9.17, 15) is 0 Å². The predicted octanol–water partition coefficient (Wildman–Crippen LogP) is 1.81. The first-order valence-electron chi connectivity index (χ1n) is 7.10. The Morgan fingerprint density at radius 2 is 2.05 bits per heavy atom. The van der Waals surface area contributed by atoms with E-state index in [1.165, 1.54) is 31.4 Å². The zero-order chi connectivity index (χ0) is 12.9. The second-order valence-electron chi connectivity index (χ2n) is 5.24. The van der Waals surface area contributed by atoms with E-state index in [0.717, 1.165) is 25.7 Å². The average molecular weight is 259 g/mol. The fourth-order valence-corrected chi connectivity index (χ4v) is 2.23. The highest BCUT2D eigenvalue weighted by atomic mass is 15.1. The van der Waals surface area contributed by atoms with Gasteiger partial charge in [0.2, 0.25) is 0 Å². The lowest BCUT2D eigenvalue weighted by molar-refractivity contribution is 0.533. The number of hydrogen-bond acceptors (Lipinski definition) is 3. The van der Waals surface area contributed by atoms with Gasteiger partial charge in [0.1, 0.15) is 0 Å². The Morgan fingerprint density at radius 3 is 2.84 bits per heavy atom. The van der Waals surface area contributed by atoms with Gasteiger partial charge in [-0.2, -0.15) is 0 Å². The number of imidazole rings is 2. The van der Waals surface area contributed by atoms with Crippen LogP contribution in [-0.4, -0.2) is 25.1 Å². The van der Waals surface area contributed by atoms with Gasteiger partial charge in [0.05, 0.1) is 18.3 Å². The Labute approximate surface area is 113 Å². The molecule has 102 valence electrons. The van der Waals surface area contributed by atoms with Gasteiger partial charge < -0.3 is 14.5 Å². The Balaban J connectivity index is 1.40. The van der Waals surface area contributed by atoms with E-state index in [4.69, 9.17) is 0 Å².